The van der Waals surface area contributed by atoms with Crippen LogP contribution in [0.4, 0.5) is 0 Å². The lowest BCUT2D eigenvalue weighted by atomic mass is 10.0. The van der Waals surface area contributed by atoms with E-state index in [1.807, 2.05) is 0 Å². The average molecular weight is 312 g/mol. The molecule has 2 rings (SSSR count). The molecule has 0 aliphatic rings. The summed E-state index contributed by atoms with van der Waals surface area (Å²) in [5, 5.41) is 18.3. The van der Waals surface area contributed by atoms with Gasteiger partial charge in [0.05, 0.1) is 13.5 Å². The summed E-state index contributed by atoms with van der Waals surface area (Å²) in [6.45, 7) is 0. The number of ether oxygens (including phenoxy) is 1. The highest BCUT2D eigenvalue weighted by molar-refractivity contribution is 6.07. The molecule has 2 aromatic carbocycles. The van der Waals surface area contributed by atoms with Gasteiger partial charge in [-0.05, 0) is 42.0 Å². The molecular formula is C18H16O5. The number of phenols is 1. The molecule has 0 spiro atoms. The molecular weight excluding hydrogens is 296 g/mol. The van der Waals surface area contributed by atoms with Crippen molar-refractivity contribution in [3.05, 3.63) is 65.2 Å². The molecule has 23 heavy (non-hydrogen) atoms. The Morgan fingerprint density at radius 2 is 1.96 bits per heavy atom. The molecule has 0 amide bonds. The number of hydrogen-bond acceptors (Lipinski definition) is 4. The Hall–Kier alpha value is -3.08. The van der Waals surface area contributed by atoms with Gasteiger partial charge in [-0.1, -0.05) is 18.2 Å². The van der Waals surface area contributed by atoms with Gasteiger partial charge in [0.1, 0.15) is 11.5 Å². The van der Waals surface area contributed by atoms with E-state index in [-0.39, 0.29) is 18.0 Å². The summed E-state index contributed by atoms with van der Waals surface area (Å²) in [6.07, 6.45) is 2.74. The van der Waals surface area contributed by atoms with Crippen molar-refractivity contribution in [3.63, 3.8) is 0 Å². The smallest absolute Gasteiger partial charge is 0.307 e. The van der Waals surface area contributed by atoms with E-state index in [2.05, 4.69) is 0 Å². The zero-order chi connectivity index (χ0) is 16.8. The summed E-state index contributed by atoms with van der Waals surface area (Å²) in [5.74, 6) is -0.709. The van der Waals surface area contributed by atoms with Gasteiger partial charge in [0.25, 0.3) is 0 Å². The van der Waals surface area contributed by atoms with Crippen molar-refractivity contribution >= 4 is 17.8 Å². The Balaban J connectivity index is 2.23. The Bertz CT molecular complexity index is 762. The third kappa shape index (κ3) is 4.44. The number of carbonyl (C=O) groups is 2. The van der Waals surface area contributed by atoms with Crippen molar-refractivity contribution in [2.45, 2.75) is 6.42 Å². The number of phenolic OH excluding ortho intramolecular Hbond substituents is 1. The number of hydrogen-bond donors (Lipinski definition) is 2. The standard InChI is InChI=1S/C18H16O5/c1-23-17-8-6-13(10-14(17)11-18(21)22)16(20)7-5-12-3-2-4-15(19)9-12/h2-10,19H,11H2,1H3,(H,21,22)/b7-5+. The van der Waals surface area contributed by atoms with Crippen LogP contribution in [-0.2, 0) is 11.2 Å². The summed E-state index contributed by atoms with van der Waals surface area (Å²) in [7, 11) is 1.45. The van der Waals surface area contributed by atoms with Gasteiger partial charge in [-0.3, -0.25) is 9.59 Å². The van der Waals surface area contributed by atoms with Crippen molar-refractivity contribution in [1.82, 2.24) is 0 Å². The van der Waals surface area contributed by atoms with E-state index in [1.165, 1.54) is 25.3 Å². The minimum atomic E-state index is -0.997. The number of allylic oxidation sites excluding steroid dienone is 1. The number of ketones is 1. The van der Waals surface area contributed by atoms with Crippen molar-refractivity contribution in [3.8, 4) is 11.5 Å². The quantitative estimate of drug-likeness (QED) is 0.633. The number of carboxylic acid groups (broad SMARTS) is 1. The Labute approximate surface area is 133 Å². The van der Waals surface area contributed by atoms with Gasteiger partial charge in [0.15, 0.2) is 5.78 Å². The van der Waals surface area contributed by atoms with Crippen LogP contribution in [0.3, 0.4) is 0 Å². The van der Waals surface area contributed by atoms with E-state index in [0.717, 1.165) is 0 Å². The Morgan fingerprint density at radius 1 is 1.17 bits per heavy atom. The normalized spacial score (nSPS) is 10.7. The number of rotatable bonds is 6. The largest absolute Gasteiger partial charge is 0.508 e. The number of carboxylic acids is 1. The third-order valence-corrected chi connectivity index (χ3v) is 3.20. The molecule has 0 aromatic heterocycles. The summed E-state index contributed by atoms with van der Waals surface area (Å²) in [6, 6.07) is 11.2. The number of carbonyl (C=O) groups excluding carboxylic acids is 1. The first-order chi connectivity index (χ1) is 11.0. The van der Waals surface area contributed by atoms with Gasteiger partial charge >= 0.3 is 5.97 Å². The number of benzene rings is 2. The second kappa shape index (κ2) is 7.26. The molecule has 0 saturated heterocycles. The molecule has 0 saturated carbocycles. The van der Waals surface area contributed by atoms with Crippen LogP contribution in [0.25, 0.3) is 6.08 Å². The fourth-order valence-corrected chi connectivity index (χ4v) is 2.13. The zero-order valence-electron chi connectivity index (χ0n) is 12.5. The van der Waals surface area contributed by atoms with Gasteiger partial charge in [0, 0.05) is 11.1 Å². The minimum Gasteiger partial charge on any atom is -0.508 e. The first-order valence-corrected chi connectivity index (χ1v) is 6.90. The second-order valence-corrected chi connectivity index (χ2v) is 4.89. The van der Waals surface area contributed by atoms with Crippen LogP contribution in [0.15, 0.2) is 48.5 Å². The average Bonchev–Trinajstić information content (AvgIpc) is 2.52. The molecule has 0 bridgehead atoms. The molecule has 0 heterocycles. The summed E-state index contributed by atoms with van der Waals surface area (Å²) >= 11 is 0. The van der Waals surface area contributed by atoms with Gasteiger partial charge in [-0.15, -0.1) is 0 Å². The van der Waals surface area contributed by atoms with E-state index < -0.39 is 5.97 Å². The lowest BCUT2D eigenvalue weighted by Gasteiger charge is -2.08. The van der Waals surface area contributed by atoms with E-state index in [9.17, 15) is 14.7 Å². The highest BCUT2D eigenvalue weighted by Gasteiger charge is 2.11. The van der Waals surface area contributed by atoms with E-state index in [4.69, 9.17) is 9.84 Å². The fraction of sp³-hybridized carbons (Fsp3) is 0.111. The fourth-order valence-electron chi connectivity index (χ4n) is 2.13. The first kappa shape index (κ1) is 16.3. The molecule has 0 unspecified atom stereocenters. The molecule has 0 aliphatic carbocycles. The van der Waals surface area contributed by atoms with Gasteiger partial charge in [0.2, 0.25) is 0 Å². The molecule has 0 fully saturated rings. The summed E-state index contributed by atoms with van der Waals surface area (Å²) in [5.41, 5.74) is 1.51. The lowest BCUT2D eigenvalue weighted by molar-refractivity contribution is -0.136. The lowest BCUT2D eigenvalue weighted by Crippen LogP contribution is -2.04. The van der Waals surface area contributed by atoms with Crippen molar-refractivity contribution in [2.24, 2.45) is 0 Å². The van der Waals surface area contributed by atoms with Crippen LogP contribution in [-0.4, -0.2) is 29.1 Å². The molecule has 118 valence electrons. The Kier molecular flexibility index (Phi) is 5.15. The van der Waals surface area contributed by atoms with Crippen LogP contribution in [0.1, 0.15) is 21.5 Å². The Morgan fingerprint density at radius 3 is 2.61 bits per heavy atom. The molecule has 5 heteroatoms. The van der Waals surface area contributed by atoms with Crippen LogP contribution < -0.4 is 4.74 Å². The molecule has 0 aliphatic heterocycles. The van der Waals surface area contributed by atoms with Crippen LogP contribution in [0, 0.1) is 0 Å². The molecule has 0 radical (unpaired) electrons. The highest BCUT2D eigenvalue weighted by Crippen LogP contribution is 2.21. The SMILES string of the molecule is COc1ccc(C(=O)/C=C/c2cccc(O)c2)cc1CC(=O)O. The van der Waals surface area contributed by atoms with E-state index in [0.29, 0.717) is 22.4 Å². The summed E-state index contributed by atoms with van der Waals surface area (Å²) < 4.78 is 5.10. The molecule has 2 aromatic rings. The number of aliphatic carboxylic acids is 1. The predicted octanol–water partition coefficient (Wildman–Crippen LogP) is 2.92. The molecule has 0 atom stereocenters. The maximum Gasteiger partial charge on any atom is 0.307 e. The van der Waals surface area contributed by atoms with E-state index in [1.54, 1.807) is 36.4 Å². The van der Waals surface area contributed by atoms with Crippen LogP contribution in [0.5, 0.6) is 11.5 Å². The maximum atomic E-state index is 12.2. The second-order valence-electron chi connectivity index (χ2n) is 4.89. The number of methoxy groups -OCH3 is 1. The van der Waals surface area contributed by atoms with Gasteiger partial charge in [-0.25, -0.2) is 0 Å². The maximum absolute atomic E-state index is 12.2. The predicted molar refractivity (Wildman–Crippen MR) is 85.8 cm³/mol. The van der Waals surface area contributed by atoms with Crippen molar-refractivity contribution in [2.75, 3.05) is 7.11 Å². The number of aromatic hydroxyl groups is 1. The molecule has 2 N–H and O–H groups in total. The topological polar surface area (TPSA) is 83.8 Å². The summed E-state index contributed by atoms with van der Waals surface area (Å²) in [4.78, 5) is 23.1. The van der Waals surface area contributed by atoms with Crippen molar-refractivity contribution < 1.29 is 24.5 Å². The van der Waals surface area contributed by atoms with Gasteiger partial charge in [-0.2, -0.15) is 0 Å². The highest BCUT2D eigenvalue weighted by atomic mass is 16.5. The van der Waals surface area contributed by atoms with Crippen molar-refractivity contribution in [1.29, 1.82) is 0 Å². The third-order valence-electron chi connectivity index (χ3n) is 3.20. The molecule has 5 nitrogen and oxygen atoms in total. The van der Waals surface area contributed by atoms with Gasteiger partial charge < -0.3 is 14.9 Å². The first-order valence-electron chi connectivity index (χ1n) is 6.90. The monoisotopic (exact) mass is 312 g/mol. The van der Waals surface area contributed by atoms with Crippen LogP contribution in [0.2, 0.25) is 0 Å². The minimum absolute atomic E-state index is 0.118. The van der Waals surface area contributed by atoms with Crippen LogP contribution >= 0.6 is 0 Å². The van der Waals surface area contributed by atoms with E-state index >= 15 is 0 Å². The zero-order valence-corrected chi connectivity index (χ0v) is 12.5.